The Bertz CT molecular complexity index is 1070. The largest absolute Gasteiger partial charge is 0.383 e. The van der Waals surface area contributed by atoms with Gasteiger partial charge in [-0.3, -0.25) is 0 Å². The van der Waals surface area contributed by atoms with Crippen LogP contribution in [0.1, 0.15) is 5.56 Å². The second kappa shape index (κ2) is 10.9. The molecule has 0 spiro atoms. The molecule has 2 aromatic carbocycles. The van der Waals surface area contributed by atoms with Crippen molar-refractivity contribution in [2.24, 2.45) is 0 Å². The summed E-state index contributed by atoms with van der Waals surface area (Å²) in [5, 5.41) is 6.98. The molecule has 0 aliphatic heterocycles. The zero-order valence-electron chi connectivity index (χ0n) is 17.6. The first kappa shape index (κ1) is 22.0. The van der Waals surface area contributed by atoms with Crippen LogP contribution in [0.4, 0.5) is 22.0 Å². The van der Waals surface area contributed by atoms with Crippen molar-refractivity contribution < 1.29 is 14.3 Å². The molecule has 160 valence electrons. The molecule has 0 saturated carbocycles. The first-order chi connectivity index (χ1) is 15.1. The minimum absolute atomic E-state index is 0.235. The fourth-order valence-electron chi connectivity index (χ4n) is 2.98. The highest BCUT2D eigenvalue weighted by Gasteiger charge is 2.14. The van der Waals surface area contributed by atoms with Gasteiger partial charge in [-0.05, 0) is 36.4 Å². The van der Waals surface area contributed by atoms with Crippen molar-refractivity contribution in [2.75, 3.05) is 51.2 Å². The van der Waals surface area contributed by atoms with Crippen LogP contribution in [0.2, 0.25) is 0 Å². The van der Waals surface area contributed by atoms with E-state index in [2.05, 4.69) is 26.5 Å². The number of nitrogens with one attached hydrogen (secondary N) is 2. The average Bonchev–Trinajstić information content (AvgIpc) is 2.79. The molecular weight excluding hydrogens is 394 g/mol. The molecule has 3 rings (SSSR count). The molecule has 8 heteroatoms. The zero-order valence-corrected chi connectivity index (χ0v) is 17.6. The molecule has 0 radical (unpaired) electrons. The third kappa shape index (κ3) is 5.92. The van der Waals surface area contributed by atoms with Crippen molar-refractivity contribution in [1.82, 2.24) is 14.9 Å². The van der Waals surface area contributed by atoms with Gasteiger partial charge in [-0.15, -0.1) is 6.42 Å². The highest BCUT2D eigenvalue weighted by molar-refractivity contribution is 5.96. The molecule has 2 N–H and O–H groups in total. The lowest BCUT2D eigenvalue weighted by Gasteiger charge is -2.22. The number of hydrogen-bond acceptors (Lipinski definition) is 6. The monoisotopic (exact) mass is 419 g/mol. The van der Waals surface area contributed by atoms with Gasteiger partial charge in [0.1, 0.15) is 12.1 Å². The molecule has 0 fully saturated rings. The number of terminal acetylenes is 1. The Kier molecular flexibility index (Phi) is 7.76. The van der Waals surface area contributed by atoms with E-state index in [1.807, 2.05) is 36.4 Å². The number of anilines is 3. The Morgan fingerprint density at radius 1 is 1.06 bits per heavy atom. The van der Waals surface area contributed by atoms with E-state index in [0.29, 0.717) is 37.8 Å². The smallest absolute Gasteiger partial charge is 0.321 e. The van der Waals surface area contributed by atoms with Gasteiger partial charge in [-0.2, -0.15) is 0 Å². The van der Waals surface area contributed by atoms with Gasteiger partial charge >= 0.3 is 6.03 Å². The number of hydrogen-bond donors (Lipinski definition) is 2. The Morgan fingerprint density at radius 3 is 2.55 bits per heavy atom. The number of carbonyl (C=O) groups excluding carboxylic acids is 1. The number of rotatable bonds is 9. The van der Waals surface area contributed by atoms with Crippen molar-refractivity contribution in [1.29, 1.82) is 0 Å². The van der Waals surface area contributed by atoms with Crippen molar-refractivity contribution in [3.63, 3.8) is 0 Å². The van der Waals surface area contributed by atoms with Crippen LogP contribution in [-0.4, -0.2) is 61.4 Å². The third-order valence-electron chi connectivity index (χ3n) is 4.60. The average molecular weight is 419 g/mol. The molecule has 1 heterocycles. The van der Waals surface area contributed by atoms with E-state index in [4.69, 9.17) is 15.9 Å². The van der Waals surface area contributed by atoms with Crippen LogP contribution in [0.3, 0.4) is 0 Å². The standard InChI is InChI=1S/C23H25N5O3/c1-4-17-6-5-7-18(14-17)26-22-20-15-19(8-9-21(20)24-16-25-22)27-23(29)28(10-12-30-2)11-13-31-3/h1,5-9,14-16H,10-13H2,2-3H3,(H,27,29)(H,24,25,26). The Hall–Kier alpha value is -3.67. The van der Waals surface area contributed by atoms with Gasteiger partial charge in [0.15, 0.2) is 0 Å². The Morgan fingerprint density at radius 2 is 1.84 bits per heavy atom. The maximum Gasteiger partial charge on any atom is 0.321 e. The van der Waals surface area contributed by atoms with E-state index in [1.165, 1.54) is 6.33 Å². The quantitative estimate of drug-likeness (QED) is 0.516. The molecule has 0 aliphatic carbocycles. The van der Waals surface area contributed by atoms with Crippen molar-refractivity contribution in [2.45, 2.75) is 0 Å². The van der Waals surface area contributed by atoms with E-state index in [9.17, 15) is 4.79 Å². The summed E-state index contributed by atoms with van der Waals surface area (Å²) in [6.07, 6.45) is 6.98. The second-order valence-corrected chi connectivity index (χ2v) is 6.71. The van der Waals surface area contributed by atoms with Crippen molar-refractivity contribution in [3.05, 3.63) is 54.4 Å². The lowest BCUT2D eigenvalue weighted by atomic mass is 10.2. The van der Waals surface area contributed by atoms with E-state index >= 15 is 0 Å². The minimum atomic E-state index is -0.235. The van der Waals surface area contributed by atoms with Crippen molar-refractivity contribution in [3.8, 4) is 12.3 Å². The summed E-state index contributed by atoms with van der Waals surface area (Å²) in [6, 6.07) is 12.8. The van der Waals surface area contributed by atoms with Crippen molar-refractivity contribution >= 4 is 34.1 Å². The lowest BCUT2D eigenvalue weighted by Crippen LogP contribution is -2.39. The number of methoxy groups -OCH3 is 2. The molecule has 0 saturated heterocycles. The van der Waals surface area contributed by atoms with Crippen LogP contribution >= 0.6 is 0 Å². The predicted octanol–water partition coefficient (Wildman–Crippen LogP) is 3.48. The van der Waals surface area contributed by atoms with Crippen LogP contribution in [0, 0.1) is 12.3 Å². The molecule has 0 aliphatic rings. The summed E-state index contributed by atoms with van der Waals surface area (Å²) in [7, 11) is 3.20. The fourth-order valence-corrected chi connectivity index (χ4v) is 2.98. The summed E-state index contributed by atoms with van der Waals surface area (Å²) in [6.45, 7) is 1.79. The van der Waals surface area contributed by atoms with Crippen LogP contribution in [0.15, 0.2) is 48.8 Å². The summed E-state index contributed by atoms with van der Waals surface area (Å²) in [5.41, 5.74) is 2.96. The molecule has 3 aromatic rings. The van der Waals surface area contributed by atoms with Gasteiger partial charge in [0.2, 0.25) is 0 Å². The summed E-state index contributed by atoms with van der Waals surface area (Å²) in [5.74, 6) is 3.23. The summed E-state index contributed by atoms with van der Waals surface area (Å²) in [4.78, 5) is 23.1. The van der Waals surface area contributed by atoms with Crippen LogP contribution in [-0.2, 0) is 9.47 Å². The Balaban J connectivity index is 1.83. The maximum atomic E-state index is 12.7. The molecule has 2 amide bonds. The molecular formula is C23H25N5O3. The van der Waals surface area contributed by atoms with Gasteiger partial charge in [0.05, 0.1) is 18.7 Å². The van der Waals surface area contributed by atoms with E-state index in [0.717, 1.165) is 22.2 Å². The number of amides is 2. The third-order valence-corrected chi connectivity index (χ3v) is 4.60. The highest BCUT2D eigenvalue weighted by atomic mass is 16.5. The van der Waals surface area contributed by atoms with Crippen LogP contribution < -0.4 is 10.6 Å². The first-order valence-corrected chi connectivity index (χ1v) is 9.77. The van der Waals surface area contributed by atoms with Crippen LogP contribution in [0.25, 0.3) is 10.9 Å². The SMILES string of the molecule is C#Cc1cccc(Nc2ncnc3ccc(NC(=O)N(CCOC)CCOC)cc23)c1. The molecule has 0 atom stereocenters. The van der Waals surface area contributed by atoms with Gasteiger partial charge in [-0.1, -0.05) is 12.0 Å². The number of fused-ring (bicyclic) bond motifs is 1. The van der Waals surface area contributed by atoms with Gasteiger partial charge in [-0.25, -0.2) is 14.8 Å². The number of nitrogens with zero attached hydrogens (tertiary/aromatic N) is 3. The molecule has 31 heavy (non-hydrogen) atoms. The van der Waals surface area contributed by atoms with E-state index in [1.54, 1.807) is 25.2 Å². The van der Waals surface area contributed by atoms with E-state index < -0.39 is 0 Å². The highest BCUT2D eigenvalue weighted by Crippen LogP contribution is 2.26. The number of carbonyl (C=O) groups is 1. The number of aromatic nitrogens is 2. The maximum absolute atomic E-state index is 12.7. The minimum Gasteiger partial charge on any atom is -0.383 e. The topological polar surface area (TPSA) is 88.6 Å². The van der Waals surface area contributed by atoms with Gasteiger partial charge in [0.25, 0.3) is 0 Å². The zero-order chi connectivity index (χ0) is 22.1. The first-order valence-electron chi connectivity index (χ1n) is 9.77. The van der Waals surface area contributed by atoms with Gasteiger partial charge in [0, 0.05) is 49.6 Å². The molecule has 1 aromatic heterocycles. The normalized spacial score (nSPS) is 10.5. The van der Waals surface area contributed by atoms with E-state index in [-0.39, 0.29) is 6.03 Å². The number of ether oxygens (including phenoxy) is 2. The molecule has 0 bridgehead atoms. The molecule has 8 nitrogen and oxygen atoms in total. The summed E-state index contributed by atoms with van der Waals surface area (Å²) < 4.78 is 10.2. The van der Waals surface area contributed by atoms with Crippen LogP contribution in [0.5, 0.6) is 0 Å². The predicted molar refractivity (Wildman–Crippen MR) is 122 cm³/mol. The number of urea groups is 1. The second-order valence-electron chi connectivity index (χ2n) is 6.71. The Labute approximate surface area is 181 Å². The van der Waals surface area contributed by atoms with Gasteiger partial charge < -0.3 is 25.0 Å². The lowest BCUT2D eigenvalue weighted by molar-refractivity contribution is 0.127. The number of benzene rings is 2. The summed E-state index contributed by atoms with van der Waals surface area (Å²) >= 11 is 0. The molecule has 0 unspecified atom stereocenters. The fraction of sp³-hybridized carbons (Fsp3) is 0.261.